The van der Waals surface area contributed by atoms with E-state index in [0.717, 1.165) is 0 Å². The average molecular weight is 300 g/mol. The number of thiophene rings is 1. The topological polar surface area (TPSA) is 38.0 Å². The molecular formula is C18H24N2S. The standard InChI is InChI=1S/C18H24N2S/c1-14-10-13-21-16(14)17(20-19)18(11-6-3-7-12-18)15-8-4-2-5-9-15/h2,4-5,8-10,13,17,20H,3,6-7,11-12,19H2,1H3. The smallest absolute Gasteiger partial charge is 0.0652 e. The fraction of sp³-hybridized carbons (Fsp3) is 0.444. The Hall–Kier alpha value is -1.16. The second kappa shape index (κ2) is 6.30. The maximum atomic E-state index is 6.04. The van der Waals surface area contributed by atoms with Gasteiger partial charge >= 0.3 is 0 Å². The predicted molar refractivity (Wildman–Crippen MR) is 90.3 cm³/mol. The molecular weight excluding hydrogens is 276 g/mol. The third-order valence-corrected chi connectivity index (χ3v) is 6.06. The van der Waals surface area contributed by atoms with E-state index in [4.69, 9.17) is 5.84 Å². The summed E-state index contributed by atoms with van der Waals surface area (Å²) in [5.74, 6) is 6.04. The molecule has 1 unspecified atom stereocenters. The van der Waals surface area contributed by atoms with E-state index in [2.05, 4.69) is 54.1 Å². The molecule has 0 bridgehead atoms. The first kappa shape index (κ1) is 14.8. The normalized spacial score (nSPS) is 19.3. The van der Waals surface area contributed by atoms with Crippen molar-refractivity contribution in [2.24, 2.45) is 5.84 Å². The highest BCUT2D eigenvalue weighted by Gasteiger charge is 2.42. The first-order chi connectivity index (χ1) is 10.3. The Labute approximate surface area is 131 Å². The van der Waals surface area contributed by atoms with Crippen LogP contribution in [0.2, 0.25) is 0 Å². The van der Waals surface area contributed by atoms with Crippen LogP contribution in [-0.2, 0) is 5.41 Å². The van der Waals surface area contributed by atoms with Gasteiger partial charge in [0.2, 0.25) is 0 Å². The number of hydrogen-bond acceptors (Lipinski definition) is 3. The van der Waals surface area contributed by atoms with Crippen molar-refractivity contribution in [2.45, 2.75) is 50.5 Å². The van der Waals surface area contributed by atoms with E-state index >= 15 is 0 Å². The predicted octanol–water partition coefficient (Wildman–Crippen LogP) is 4.46. The van der Waals surface area contributed by atoms with Gasteiger partial charge in [0.1, 0.15) is 0 Å². The summed E-state index contributed by atoms with van der Waals surface area (Å²) in [6.07, 6.45) is 6.34. The molecule has 0 saturated heterocycles. The van der Waals surface area contributed by atoms with Crippen molar-refractivity contribution in [3.05, 3.63) is 57.8 Å². The molecule has 1 atom stereocenters. The molecule has 1 aromatic heterocycles. The van der Waals surface area contributed by atoms with E-state index in [1.807, 2.05) is 11.3 Å². The number of hydrogen-bond donors (Lipinski definition) is 2. The maximum Gasteiger partial charge on any atom is 0.0652 e. The minimum absolute atomic E-state index is 0.129. The molecule has 112 valence electrons. The number of rotatable bonds is 4. The SMILES string of the molecule is Cc1ccsc1C(NN)C1(c2ccccc2)CCCCC1. The average Bonchev–Trinajstić information content (AvgIpc) is 2.96. The van der Waals surface area contributed by atoms with Crippen LogP contribution in [0.1, 0.15) is 54.1 Å². The van der Waals surface area contributed by atoms with E-state index in [1.54, 1.807) is 0 Å². The zero-order chi connectivity index (χ0) is 14.7. The Balaban J connectivity index is 2.08. The van der Waals surface area contributed by atoms with Gasteiger partial charge in [-0.05, 0) is 42.3 Å². The van der Waals surface area contributed by atoms with E-state index < -0.39 is 0 Å². The fourth-order valence-corrected chi connectivity index (χ4v) is 4.97. The van der Waals surface area contributed by atoms with Crippen molar-refractivity contribution < 1.29 is 0 Å². The molecule has 21 heavy (non-hydrogen) atoms. The van der Waals surface area contributed by atoms with E-state index in [-0.39, 0.29) is 11.5 Å². The molecule has 1 fully saturated rings. The van der Waals surface area contributed by atoms with Crippen molar-refractivity contribution >= 4 is 11.3 Å². The zero-order valence-corrected chi connectivity index (χ0v) is 13.5. The van der Waals surface area contributed by atoms with Gasteiger partial charge in [0.25, 0.3) is 0 Å². The van der Waals surface area contributed by atoms with Gasteiger partial charge in [-0.1, -0.05) is 49.6 Å². The lowest BCUT2D eigenvalue weighted by Gasteiger charge is -2.44. The summed E-state index contributed by atoms with van der Waals surface area (Å²) in [5, 5.41) is 2.18. The molecule has 2 nitrogen and oxygen atoms in total. The zero-order valence-electron chi connectivity index (χ0n) is 12.6. The van der Waals surface area contributed by atoms with Gasteiger partial charge in [0.15, 0.2) is 0 Å². The van der Waals surface area contributed by atoms with Crippen LogP contribution in [0.25, 0.3) is 0 Å². The summed E-state index contributed by atoms with van der Waals surface area (Å²) in [5.41, 5.74) is 6.08. The molecule has 0 spiro atoms. The third-order valence-electron chi connectivity index (χ3n) is 4.98. The highest BCUT2D eigenvalue weighted by Crippen LogP contribution is 2.49. The third kappa shape index (κ3) is 2.66. The van der Waals surface area contributed by atoms with Crippen molar-refractivity contribution in [2.75, 3.05) is 0 Å². The lowest BCUT2D eigenvalue weighted by atomic mass is 9.64. The van der Waals surface area contributed by atoms with Gasteiger partial charge in [-0.15, -0.1) is 11.3 Å². The van der Waals surface area contributed by atoms with Crippen LogP contribution >= 0.6 is 11.3 Å². The number of nitrogens with one attached hydrogen (secondary N) is 1. The molecule has 2 aromatic rings. The fourth-order valence-electron chi connectivity index (χ4n) is 3.86. The lowest BCUT2D eigenvalue weighted by Crippen LogP contribution is -2.45. The molecule has 0 radical (unpaired) electrons. The first-order valence-electron chi connectivity index (χ1n) is 7.83. The summed E-state index contributed by atoms with van der Waals surface area (Å²) < 4.78 is 0. The Bertz CT molecular complexity index is 570. The molecule has 1 heterocycles. The largest absolute Gasteiger partial charge is 0.271 e. The van der Waals surface area contributed by atoms with Gasteiger partial charge in [-0.25, -0.2) is 0 Å². The van der Waals surface area contributed by atoms with Crippen LogP contribution in [0.15, 0.2) is 41.8 Å². The van der Waals surface area contributed by atoms with Crippen molar-refractivity contribution in [3.8, 4) is 0 Å². The summed E-state index contributed by atoms with van der Waals surface area (Å²) in [6, 6.07) is 13.4. The van der Waals surface area contributed by atoms with Crippen LogP contribution in [0.3, 0.4) is 0 Å². The van der Waals surface area contributed by atoms with Gasteiger partial charge in [-0.2, -0.15) is 0 Å². The van der Waals surface area contributed by atoms with Crippen LogP contribution in [0.5, 0.6) is 0 Å². The number of hydrazine groups is 1. The van der Waals surface area contributed by atoms with Gasteiger partial charge in [-0.3, -0.25) is 11.3 Å². The molecule has 0 aliphatic heterocycles. The number of aryl methyl sites for hydroxylation is 1. The van der Waals surface area contributed by atoms with Crippen molar-refractivity contribution in [1.82, 2.24) is 5.43 Å². The maximum absolute atomic E-state index is 6.04. The minimum atomic E-state index is 0.129. The van der Waals surface area contributed by atoms with Gasteiger partial charge < -0.3 is 0 Å². The van der Waals surface area contributed by atoms with E-state index in [0.29, 0.717) is 0 Å². The summed E-state index contributed by atoms with van der Waals surface area (Å²) in [6.45, 7) is 2.19. The van der Waals surface area contributed by atoms with Crippen LogP contribution < -0.4 is 11.3 Å². The molecule has 3 N–H and O–H groups in total. The highest BCUT2D eigenvalue weighted by atomic mass is 32.1. The van der Waals surface area contributed by atoms with Gasteiger partial charge in [0, 0.05) is 10.3 Å². The summed E-state index contributed by atoms with van der Waals surface area (Å²) in [4.78, 5) is 1.39. The first-order valence-corrected chi connectivity index (χ1v) is 8.71. The molecule has 1 aliphatic rings. The Kier molecular flexibility index (Phi) is 4.43. The van der Waals surface area contributed by atoms with Crippen LogP contribution in [0.4, 0.5) is 0 Å². The van der Waals surface area contributed by atoms with E-state index in [1.165, 1.54) is 48.1 Å². The van der Waals surface area contributed by atoms with Crippen LogP contribution in [-0.4, -0.2) is 0 Å². The minimum Gasteiger partial charge on any atom is -0.271 e. The molecule has 1 aliphatic carbocycles. The second-order valence-electron chi connectivity index (χ2n) is 6.15. The van der Waals surface area contributed by atoms with Crippen molar-refractivity contribution in [1.29, 1.82) is 0 Å². The molecule has 3 heteroatoms. The van der Waals surface area contributed by atoms with Crippen molar-refractivity contribution in [3.63, 3.8) is 0 Å². The quantitative estimate of drug-likeness (QED) is 0.646. The number of benzene rings is 1. The molecule has 3 rings (SSSR count). The Morgan fingerprint density at radius 2 is 1.81 bits per heavy atom. The Morgan fingerprint density at radius 3 is 2.38 bits per heavy atom. The monoisotopic (exact) mass is 300 g/mol. The molecule has 1 aromatic carbocycles. The van der Waals surface area contributed by atoms with Gasteiger partial charge in [0.05, 0.1) is 6.04 Å². The summed E-state index contributed by atoms with van der Waals surface area (Å²) >= 11 is 1.83. The highest BCUT2D eigenvalue weighted by molar-refractivity contribution is 7.10. The molecule has 1 saturated carbocycles. The molecule has 0 amide bonds. The number of nitrogens with two attached hydrogens (primary N) is 1. The Morgan fingerprint density at radius 1 is 1.10 bits per heavy atom. The lowest BCUT2D eigenvalue weighted by molar-refractivity contribution is 0.216. The summed E-state index contributed by atoms with van der Waals surface area (Å²) in [7, 11) is 0. The van der Waals surface area contributed by atoms with E-state index in [9.17, 15) is 0 Å². The van der Waals surface area contributed by atoms with Crippen LogP contribution in [0, 0.1) is 6.92 Å². The second-order valence-corrected chi connectivity index (χ2v) is 7.10.